The van der Waals surface area contributed by atoms with Crippen LogP contribution in [0, 0.1) is 13.8 Å². The summed E-state index contributed by atoms with van der Waals surface area (Å²) in [5.74, 6) is 0.851. The molecule has 0 saturated heterocycles. The van der Waals surface area contributed by atoms with Gasteiger partial charge in [0.05, 0.1) is 5.25 Å². The fraction of sp³-hybridized carbons (Fsp3) is 0.348. The molecule has 0 radical (unpaired) electrons. The van der Waals surface area contributed by atoms with Crippen molar-refractivity contribution in [1.29, 1.82) is 0 Å². The van der Waals surface area contributed by atoms with Crippen LogP contribution in [0.1, 0.15) is 37.0 Å². The minimum Gasteiger partial charge on any atom is -0.351 e. The lowest BCUT2D eigenvalue weighted by Crippen LogP contribution is -2.30. The second-order valence-corrected chi connectivity index (χ2v) is 8.60. The van der Waals surface area contributed by atoms with E-state index in [-0.39, 0.29) is 11.2 Å². The third-order valence-electron chi connectivity index (χ3n) is 4.68. The SMILES string of the molecule is CCCn1c(S[C@@H](C)C(=O)NCc2ccc(C)cc2)nnc1-c1cccc(C)c1. The van der Waals surface area contributed by atoms with Gasteiger partial charge < -0.3 is 9.88 Å². The lowest BCUT2D eigenvalue weighted by molar-refractivity contribution is -0.120. The molecule has 1 amide bonds. The van der Waals surface area contributed by atoms with Gasteiger partial charge in [-0.15, -0.1) is 10.2 Å². The summed E-state index contributed by atoms with van der Waals surface area (Å²) < 4.78 is 2.11. The summed E-state index contributed by atoms with van der Waals surface area (Å²) >= 11 is 1.45. The monoisotopic (exact) mass is 408 g/mol. The van der Waals surface area contributed by atoms with E-state index in [0.29, 0.717) is 6.54 Å². The minimum absolute atomic E-state index is 0.00118. The standard InChI is InChI=1S/C23H28N4OS/c1-5-13-27-21(20-8-6-7-17(3)14-20)25-26-23(27)29-18(4)22(28)24-15-19-11-9-16(2)10-12-19/h6-12,14,18H,5,13,15H2,1-4H3,(H,24,28)/t18-/m0/s1. The van der Waals surface area contributed by atoms with Crippen molar-refractivity contribution in [1.82, 2.24) is 20.1 Å². The number of nitrogens with one attached hydrogen (secondary N) is 1. The predicted octanol–water partition coefficient (Wildman–Crippen LogP) is 4.77. The number of rotatable bonds is 8. The van der Waals surface area contributed by atoms with E-state index in [4.69, 9.17) is 0 Å². The number of hydrogen-bond acceptors (Lipinski definition) is 4. The van der Waals surface area contributed by atoms with E-state index in [9.17, 15) is 4.79 Å². The van der Waals surface area contributed by atoms with Gasteiger partial charge in [0.25, 0.3) is 0 Å². The highest BCUT2D eigenvalue weighted by molar-refractivity contribution is 8.00. The number of amides is 1. The fourth-order valence-corrected chi connectivity index (χ4v) is 3.95. The maximum absolute atomic E-state index is 12.6. The molecule has 5 nitrogen and oxygen atoms in total. The van der Waals surface area contributed by atoms with Gasteiger partial charge in [0, 0.05) is 18.7 Å². The van der Waals surface area contributed by atoms with Crippen molar-refractivity contribution in [2.45, 2.75) is 57.6 Å². The van der Waals surface area contributed by atoms with Gasteiger partial charge in [0.1, 0.15) is 0 Å². The zero-order valence-corrected chi connectivity index (χ0v) is 18.3. The molecule has 29 heavy (non-hydrogen) atoms. The smallest absolute Gasteiger partial charge is 0.233 e. The Morgan fingerprint density at radius 1 is 1.10 bits per heavy atom. The van der Waals surface area contributed by atoms with Crippen LogP contribution < -0.4 is 5.32 Å². The van der Waals surface area contributed by atoms with Gasteiger partial charge in [-0.2, -0.15) is 0 Å². The highest BCUT2D eigenvalue weighted by Gasteiger charge is 2.20. The van der Waals surface area contributed by atoms with Crippen molar-refractivity contribution >= 4 is 17.7 Å². The van der Waals surface area contributed by atoms with Gasteiger partial charge in [-0.1, -0.05) is 72.3 Å². The van der Waals surface area contributed by atoms with Gasteiger partial charge in [-0.05, 0) is 38.8 Å². The van der Waals surface area contributed by atoms with Crippen LogP contribution in [0.3, 0.4) is 0 Å². The van der Waals surface area contributed by atoms with Crippen LogP contribution in [0.4, 0.5) is 0 Å². The first-order valence-electron chi connectivity index (χ1n) is 9.98. The molecule has 0 fully saturated rings. The zero-order valence-electron chi connectivity index (χ0n) is 17.5. The highest BCUT2D eigenvalue weighted by atomic mass is 32.2. The van der Waals surface area contributed by atoms with Gasteiger partial charge in [-0.25, -0.2) is 0 Å². The quantitative estimate of drug-likeness (QED) is 0.546. The fourth-order valence-electron chi connectivity index (χ4n) is 3.05. The Morgan fingerprint density at radius 2 is 1.86 bits per heavy atom. The van der Waals surface area contributed by atoms with E-state index in [0.717, 1.165) is 35.1 Å². The second-order valence-electron chi connectivity index (χ2n) is 7.29. The summed E-state index contributed by atoms with van der Waals surface area (Å²) in [6.45, 7) is 9.51. The minimum atomic E-state index is -0.259. The molecule has 0 spiro atoms. The van der Waals surface area contributed by atoms with Crippen LogP contribution in [-0.4, -0.2) is 25.9 Å². The van der Waals surface area contributed by atoms with E-state index < -0.39 is 0 Å². The lowest BCUT2D eigenvalue weighted by Gasteiger charge is -2.13. The molecule has 0 aliphatic rings. The van der Waals surface area contributed by atoms with Crippen molar-refractivity contribution in [2.75, 3.05) is 0 Å². The van der Waals surface area contributed by atoms with Gasteiger partial charge in [0.2, 0.25) is 5.91 Å². The summed E-state index contributed by atoms with van der Waals surface area (Å²) in [5.41, 5.74) is 4.54. The molecule has 2 aromatic carbocycles. The lowest BCUT2D eigenvalue weighted by atomic mass is 10.1. The Hall–Kier alpha value is -2.60. The van der Waals surface area contributed by atoms with Crippen molar-refractivity contribution in [3.8, 4) is 11.4 Å². The number of hydrogen-bond donors (Lipinski definition) is 1. The first kappa shape index (κ1) is 21.1. The van der Waals surface area contributed by atoms with Crippen LogP contribution >= 0.6 is 11.8 Å². The zero-order chi connectivity index (χ0) is 20.8. The number of carbonyl (C=O) groups is 1. The molecule has 0 aliphatic heterocycles. The van der Waals surface area contributed by atoms with Crippen LogP contribution in [0.5, 0.6) is 0 Å². The summed E-state index contributed by atoms with van der Waals surface area (Å²) in [4.78, 5) is 12.6. The van der Waals surface area contributed by atoms with Crippen LogP contribution in [0.25, 0.3) is 11.4 Å². The molecule has 152 valence electrons. The third kappa shape index (κ3) is 5.48. The average molecular weight is 409 g/mol. The maximum atomic E-state index is 12.6. The van der Waals surface area contributed by atoms with Gasteiger partial charge >= 0.3 is 0 Å². The van der Waals surface area contributed by atoms with E-state index in [1.165, 1.54) is 22.9 Å². The summed E-state index contributed by atoms with van der Waals surface area (Å²) in [6.07, 6.45) is 0.971. The molecule has 6 heteroatoms. The van der Waals surface area contributed by atoms with Gasteiger partial charge in [0.15, 0.2) is 11.0 Å². The molecule has 0 aliphatic carbocycles. The molecule has 0 saturated carbocycles. The summed E-state index contributed by atoms with van der Waals surface area (Å²) in [6, 6.07) is 16.5. The molecule has 0 unspecified atom stereocenters. The van der Waals surface area contributed by atoms with Crippen LogP contribution in [-0.2, 0) is 17.9 Å². The Bertz CT molecular complexity index is 965. The Labute approximate surface area is 176 Å². The second kappa shape index (κ2) is 9.74. The third-order valence-corrected chi connectivity index (χ3v) is 5.76. The number of carbonyl (C=O) groups excluding carboxylic acids is 1. The maximum Gasteiger partial charge on any atom is 0.233 e. The van der Waals surface area contributed by atoms with Crippen molar-refractivity contribution in [3.05, 3.63) is 65.2 Å². The molecule has 0 bridgehead atoms. The topological polar surface area (TPSA) is 59.8 Å². The highest BCUT2D eigenvalue weighted by Crippen LogP contribution is 2.27. The van der Waals surface area contributed by atoms with E-state index in [1.54, 1.807) is 0 Å². The van der Waals surface area contributed by atoms with Crippen molar-refractivity contribution in [2.24, 2.45) is 0 Å². The van der Waals surface area contributed by atoms with E-state index in [1.807, 2.05) is 25.1 Å². The van der Waals surface area contributed by atoms with Gasteiger partial charge in [-0.3, -0.25) is 4.79 Å². The molecule has 1 atom stereocenters. The molecule has 1 N–H and O–H groups in total. The molecule has 3 rings (SSSR count). The van der Waals surface area contributed by atoms with Crippen molar-refractivity contribution in [3.63, 3.8) is 0 Å². The number of aryl methyl sites for hydroxylation is 2. The van der Waals surface area contributed by atoms with Crippen LogP contribution in [0.15, 0.2) is 53.7 Å². The normalized spacial score (nSPS) is 12.0. The molecule has 1 heterocycles. The molecular weight excluding hydrogens is 380 g/mol. The van der Waals surface area contributed by atoms with Crippen molar-refractivity contribution < 1.29 is 4.79 Å². The largest absolute Gasteiger partial charge is 0.351 e. The Kier molecular flexibility index (Phi) is 7.09. The molecule has 1 aromatic heterocycles. The molecular formula is C23H28N4OS. The first-order chi connectivity index (χ1) is 14.0. The number of thioether (sulfide) groups is 1. The molecule has 3 aromatic rings. The van der Waals surface area contributed by atoms with E-state index in [2.05, 4.69) is 71.2 Å². The Balaban J connectivity index is 1.69. The number of nitrogens with zero attached hydrogens (tertiary/aromatic N) is 3. The average Bonchev–Trinajstić information content (AvgIpc) is 3.10. The number of aromatic nitrogens is 3. The number of benzene rings is 2. The summed E-state index contributed by atoms with van der Waals surface area (Å²) in [7, 11) is 0. The summed E-state index contributed by atoms with van der Waals surface area (Å²) in [5, 5.41) is 12.3. The van der Waals surface area contributed by atoms with E-state index >= 15 is 0 Å². The predicted molar refractivity (Wildman–Crippen MR) is 119 cm³/mol. The van der Waals surface area contributed by atoms with Crippen LogP contribution in [0.2, 0.25) is 0 Å². The first-order valence-corrected chi connectivity index (χ1v) is 10.9. The Morgan fingerprint density at radius 3 is 2.55 bits per heavy atom.